The molecule has 18 heavy (non-hydrogen) atoms. The van der Waals surface area contributed by atoms with Crippen LogP contribution in [0.4, 0.5) is 4.39 Å². The molecule has 0 bridgehead atoms. The number of thiazole rings is 1. The predicted octanol–water partition coefficient (Wildman–Crippen LogP) is 3.58. The number of carboxylic acid groups (broad SMARTS) is 1. The van der Waals surface area contributed by atoms with E-state index in [0.29, 0.717) is 21.3 Å². The number of hydrogen-bond donors (Lipinski definition) is 1. The number of aryl methyl sites for hydroxylation is 1. The summed E-state index contributed by atoms with van der Waals surface area (Å²) in [5, 5.41) is 9.60. The summed E-state index contributed by atoms with van der Waals surface area (Å²) >= 11 is 2.45. The molecule has 0 aliphatic rings. The topological polar surface area (TPSA) is 50.2 Å². The first-order valence-corrected chi connectivity index (χ1v) is 6.95. The number of halogens is 1. The molecular weight excluding hydrogens is 273 g/mol. The molecule has 0 fully saturated rings. The van der Waals surface area contributed by atoms with Gasteiger partial charge < -0.3 is 5.11 Å². The van der Waals surface area contributed by atoms with Crippen LogP contribution in [-0.4, -0.2) is 16.1 Å². The largest absolute Gasteiger partial charge is 0.477 e. The number of hydrogen-bond acceptors (Lipinski definition) is 4. The number of aromatic nitrogens is 1. The minimum atomic E-state index is -0.966. The van der Waals surface area contributed by atoms with Crippen molar-refractivity contribution in [1.29, 1.82) is 0 Å². The summed E-state index contributed by atoms with van der Waals surface area (Å²) in [6.45, 7) is 1.66. The molecule has 0 spiro atoms. The van der Waals surface area contributed by atoms with E-state index in [9.17, 15) is 9.18 Å². The number of nitrogens with zero attached hydrogens (tertiary/aromatic N) is 1. The molecule has 2 aromatic rings. The lowest BCUT2D eigenvalue weighted by molar-refractivity contribution is 0.0701. The van der Waals surface area contributed by atoms with Gasteiger partial charge in [-0.25, -0.2) is 14.2 Å². The van der Waals surface area contributed by atoms with E-state index in [1.165, 1.54) is 17.8 Å². The van der Waals surface area contributed by atoms with Crippen LogP contribution in [0.15, 0.2) is 29.2 Å². The summed E-state index contributed by atoms with van der Waals surface area (Å²) in [6, 6.07) is 6.49. The predicted molar refractivity (Wildman–Crippen MR) is 69.8 cm³/mol. The number of benzene rings is 1. The Hall–Kier alpha value is -1.40. The Morgan fingerprint density at radius 1 is 1.50 bits per heavy atom. The first kappa shape index (κ1) is 13.0. The number of carbonyl (C=O) groups is 1. The molecule has 3 nitrogen and oxygen atoms in total. The minimum absolute atomic E-state index is 0.249. The van der Waals surface area contributed by atoms with Crippen LogP contribution < -0.4 is 0 Å². The van der Waals surface area contributed by atoms with Gasteiger partial charge in [-0.15, -0.1) is 23.1 Å². The van der Waals surface area contributed by atoms with Gasteiger partial charge >= 0.3 is 5.97 Å². The Morgan fingerprint density at radius 2 is 2.22 bits per heavy atom. The molecule has 0 aliphatic carbocycles. The van der Waals surface area contributed by atoms with Crippen molar-refractivity contribution in [1.82, 2.24) is 4.98 Å². The van der Waals surface area contributed by atoms with E-state index < -0.39 is 5.97 Å². The van der Waals surface area contributed by atoms with Crippen LogP contribution in [0.25, 0.3) is 0 Å². The van der Waals surface area contributed by atoms with Crippen LogP contribution in [-0.2, 0) is 5.75 Å². The Labute approximate surface area is 112 Å². The van der Waals surface area contributed by atoms with E-state index in [2.05, 4.69) is 4.98 Å². The monoisotopic (exact) mass is 283 g/mol. The van der Waals surface area contributed by atoms with Crippen molar-refractivity contribution in [2.24, 2.45) is 0 Å². The van der Waals surface area contributed by atoms with Gasteiger partial charge in [0.15, 0.2) is 0 Å². The molecule has 6 heteroatoms. The Morgan fingerprint density at radius 3 is 2.83 bits per heavy atom. The molecule has 1 heterocycles. The molecule has 1 aromatic carbocycles. The lowest BCUT2D eigenvalue weighted by Gasteiger charge is -1.99. The van der Waals surface area contributed by atoms with Gasteiger partial charge in [0.05, 0.1) is 11.4 Å². The van der Waals surface area contributed by atoms with Crippen molar-refractivity contribution in [2.75, 3.05) is 0 Å². The third-order valence-corrected chi connectivity index (χ3v) is 4.61. The number of carboxylic acids is 1. The van der Waals surface area contributed by atoms with Gasteiger partial charge in [0, 0.05) is 4.90 Å². The Bertz CT molecular complexity index is 583. The molecule has 0 radical (unpaired) electrons. The van der Waals surface area contributed by atoms with Crippen LogP contribution in [0.2, 0.25) is 0 Å². The van der Waals surface area contributed by atoms with Crippen molar-refractivity contribution in [3.63, 3.8) is 0 Å². The molecule has 1 aromatic heterocycles. The molecule has 2 rings (SSSR count). The molecule has 0 atom stereocenters. The van der Waals surface area contributed by atoms with Gasteiger partial charge in [-0.05, 0) is 19.1 Å². The highest BCUT2D eigenvalue weighted by Gasteiger charge is 2.14. The highest BCUT2D eigenvalue weighted by Crippen LogP contribution is 2.28. The maximum absolute atomic E-state index is 13.4. The van der Waals surface area contributed by atoms with E-state index in [1.54, 1.807) is 25.1 Å². The van der Waals surface area contributed by atoms with Crippen molar-refractivity contribution < 1.29 is 14.3 Å². The first-order valence-electron chi connectivity index (χ1n) is 5.15. The molecule has 0 saturated carbocycles. The summed E-state index contributed by atoms with van der Waals surface area (Å²) in [6.07, 6.45) is 0. The Kier molecular flexibility index (Phi) is 3.98. The van der Waals surface area contributed by atoms with Gasteiger partial charge in [-0.1, -0.05) is 12.1 Å². The van der Waals surface area contributed by atoms with Crippen LogP contribution in [0.5, 0.6) is 0 Å². The second-order valence-corrected chi connectivity index (χ2v) is 5.65. The third-order valence-electron chi connectivity index (χ3n) is 2.22. The summed E-state index contributed by atoms with van der Waals surface area (Å²) in [4.78, 5) is 15.8. The van der Waals surface area contributed by atoms with Crippen molar-refractivity contribution >= 4 is 29.1 Å². The third kappa shape index (κ3) is 2.88. The van der Waals surface area contributed by atoms with Gasteiger partial charge in [-0.2, -0.15) is 0 Å². The lowest BCUT2D eigenvalue weighted by atomic mass is 10.3. The lowest BCUT2D eigenvalue weighted by Crippen LogP contribution is -1.94. The Balaban J connectivity index is 2.09. The SMILES string of the molecule is Cc1nc(CSc2ccccc2F)sc1C(=O)O. The van der Waals surface area contributed by atoms with E-state index in [-0.39, 0.29) is 10.7 Å². The summed E-state index contributed by atoms with van der Waals surface area (Å²) < 4.78 is 13.4. The highest BCUT2D eigenvalue weighted by atomic mass is 32.2. The maximum Gasteiger partial charge on any atom is 0.347 e. The quantitative estimate of drug-likeness (QED) is 0.871. The van der Waals surface area contributed by atoms with Crippen LogP contribution in [0.1, 0.15) is 20.4 Å². The zero-order valence-corrected chi connectivity index (χ0v) is 11.1. The fourth-order valence-electron chi connectivity index (χ4n) is 1.41. The molecule has 94 valence electrons. The molecule has 0 saturated heterocycles. The van der Waals surface area contributed by atoms with Crippen molar-refractivity contribution in [2.45, 2.75) is 17.6 Å². The number of thioether (sulfide) groups is 1. The van der Waals surface area contributed by atoms with Crippen LogP contribution in [0, 0.1) is 12.7 Å². The zero-order chi connectivity index (χ0) is 13.1. The number of rotatable bonds is 4. The normalized spacial score (nSPS) is 10.6. The van der Waals surface area contributed by atoms with E-state index in [4.69, 9.17) is 5.11 Å². The standard InChI is InChI=1S/C12H10FNO2S2/c1-7-11(12(15)16)18-10(14-7)6-17-9-5-3-2-4-8(9)13/h2-5H,6H2,1H3,(H,15,16). The molecule has 0 unspecified atom stereocenters. The molecule has 1 N–H and O–H groups in total. The average Bonchev–Trinajstić information content (AvgIpc) is 2.70. The van der Waals surface area contributed by atoms with Crippen molar-refractivity contribution in [3.05, 3.63) is 45.7 Å². The summed E-state index contributed by atoms with van der Waals surface area (Å²) in [5.41, 5.74) is 0.511. The first-order chi connectivity index (χ1) is 8.58. The second kappa shape index (κ2) is 5.49. The fourth-order valence-corrected chi connectivity index (χ4v) is 3.25. The molecule has 0 aliphatic heterocycles. The maximum atomic E-state index is 13.4. The van der Waals surface area contributed by atoms with Gasteiger partial charge in [-0.3, -0.25) is 0 Å². The number of aromatic carboxylic acids is 1. The van der Waals surface area contributed by atoms with Gasteiger partial charge in [0.2, 0.25) is 0 Å². The van der Waals surface area contributed by atoms with E-state index in [0.717, 1.165) is 11.3 Å². The fraction of sp³-hybridized carbons (Fsp3) is 0.167. The zero-order valence-electron chi connectivity index (χ0n) is 9.51. The summed E-state index contributed by atoms with van der Waals surface area (Å²) in [5.74, 6) is -0.763. The summed E-state index contributed by atoms with van der Waals surface area (Å²) in [7, 11) is 0. The van der Waals surface area contributed by atoms with Crippen LogP contribution >= 0.6 is 23.1 Å². The average molecular weight is 283 g/mol. The van der Waals surface area contributed by atoms with E-state index >= 15 is 0 Å². The highest BCUT2D eigenvalue weighted by molar-refractivity contribution is 7.98. The second-order valence-electron chi connectivity index (χ2n) is 3.55. The smallest absolute Gasteiger partial charge is 0.347 e. The van der Waals surface area contributed by atoms with E-state index in [1.807, 2.05) is 0 Å². The van der Waals surface area contributed by atoms with Gasteiger partial charge in [0.1, 0.15) is 15.7 Å². The molecular formula is C12H10FNO2S2. The minimum Gasteiger partial charge on any atom is -0.477 e. The van der Waals surface area contributed by atoms with Gasteiger partial charge in [0.25, 0.3) is 0 Å². The van der Waals surface area contributed by atoms with Crippen LogP contribution in [0.3, 0.4) is 0 Å². The van der Waals surface area contributed by atoms with Crippen molar-refractivity contribution in [3.8, 4) is 0 Å². The molecule has 0 amide bonds.